The van der Waals surface area contributed by atoms with Crippen molar-refractivity contribution in [2.75, 3.05) is 32.8 Å². The molecule has 0 saturated carbocycles. The molecule has 25 heavy (non-hydrogen) atoms. The van der Waals surface area contributed by atoms with Crippen molar-refractivity contribution in [1.29, 1.82) is 0 Å². The van der Waals surface area contributed by atoms with Gasteiger partial charge in [-0.2, -0.15) is 0 Å². The van der Waals surface area contributed by atoms with Gasteiger partial charge in [0.1, 0.15) is 0 Å². The molecule has 2 heterocycles. The number of aliphatic hydroxyl groups excluding tert-OH is 1. The van der Waals surface area contributed by atoms with Crippen LogP contribution in [-0.2, 0) is 9.53 Å². The first-order chi connectivity index (χ1) is 12.1. The quantitative estimate of drug-likeness (QED) is 0.834. The number of carbonyl (C=O) groups excluding carboxylic acids is 1. The number of morpholine rings is 1. The zero-order chi connectivity index (χ0) is 17.8. The van der Waals surface area contributed by atoms with E-state index in [-0.39, 0.29) is 30.6 Å². The molecule has 7 heteroatoms. The van der Waals surface area contributed by atoms with Crippen LogP contribution in [0.2, 0.25) is 10.0 Å². The van der Waals surface area contributed by atoms with E-state index in [2.05, 4.69) is 5.32 Å². The maximum atomic E-state index is 13.2. The number of piperidine rings is 1. The lowest BCUT2D eigenvalue weighted by Gasteiger charge is -2.43. The number of hydrogen-bond donors (Lipinski definition) is 2. The Kier molecular flexibility index (Phi) is 6.58. The van der Waals surface area contributed by atoms with Gasteiger partial charge in [0, 0.05) is 19.1 Å². The van der Waals surface area contributed by atoms with Gasteiger partial charge in [-0.25, -0.2) is 0 Å². The lowest BCUT2D eigenvalue weighted by molar-refractivity contribution is -0.153. The predicted octanol–water partition coefficient (Wildman–Crippen LogP) is 2.64. The van der Waals surface area contributed by atoms with Crippen LogP contribution in [0, 0.1) is 5.92 Å². The van der Waals surface area contributed by atoms with Crippen LogP contribution in [0.5, 0.6) is 0 Å². The SMILES string of the molecule is O=C(C1CCNCC1)N1CCO[C@H](CCO)C1c1ccc(Cl)c(Cl)c1. The van der Waals surface area contributed by atoms with Gasteiger partial charge in [0.2, 0.25) is 5.91 Å². The van der Waals surface area contributed by atoms with Crippen LogP contribution in [0.4, 0.5) is 0 Å². The third-order valence-electron chi connectivity index (χ3n) is 5.02. The Hall–Kier alpha value is -0.850. The molecule has 1 unspecified atom stereocenters. The molecule has 0 spiro atoms. The maximum Gasteiger partial charge on any atom is 0.226 e. The fourth-order valence-corrected chi connectivity index (χ4v) is 4.05. The molecule has 2 atom stereocenters. The van der Waals surface area contributed by atoms with Crippen molar-refractivity contribution in [1.82, 2.24) is 10.2 Å². The Morgan fingerprint density at radius 2 is 2.04 bits per heavy atom. The fourth-order valence-electron chi connectivity index (χ4n) is 3.74. The lowest BCUT2D eigenvalue weighted by Crippen LogP contribution is -2.51. The summed E-state index contributed by atoms with van der Waals surface area (Å²) in [5.74, 6) is 0.211. The van der Waals surface area contributed by atoms with E-state index in [1.807, 2.05) is 11.0 Å². The number of benzene rings is 1. The van der Waals surface area contributed by atoms with Crippen molar-refractivity contribution < 1.29 is 14.6 Å². The molecule has 1 aromatic rings. The van der Waals surface area contributed by atoms with Gasteiger partial charge in [-0.3, -0.25) is 4.79 Å². The number of halogens is 2. The van der Waals surface area contributed by atoms with Crippen molar-refractivity contribution in [3.63, 3.8) is 0 Å². The smallest absolute Gasteiger partial charge is 0.226 e. The summed E-state index contributed by atoms with van der Waals surface area (Å²) in [6.07, 6.45) is 1.94. The molecule has 0 bridgehead atoms. The molecule has 5 nitrogen and oxygen atoms in total. The molecule has 2 fully saturated rings. The topological polar surface area (TPSA) is 61.8 Å². The summed E-state index contributed by atoms with van der Waals surface area (Å²) >= 11 is 12.2. The second kappa shape index (κ2) is 8.69. The second-order valence-electron chi connectivity index (χ2n) is 6.60. The Bertz CT molecular complexity index is 606. The van der Waals surface area contributed by atoms with Crippen LogP contribution in [0.15, 0.2) is 18.2 Å². The van der Waals surface area contributed by atoms with E-state index in [9.17, 15) is 9.90 Å². The van der Waals surface area contributed by atoms with Gasteiger partial charge in [-0.1, -0.05) is 29.3 Å². The Balaban J connectivity index is 1.90. The largest absolute Gasteiger partial charge is 0.396 e. The van der Waals surface area contributed by atoms with Crippen LogP contribution in [-0.4, -0.2) is 54.9 Å². The van der Waals surface area contributed by atoms with E-state index < -0.39 is 0 Å². The summed E-state index contributed by atoms with van der Waals surface area (Å²) < 4.78 is 5.88. The van der Waals surface area contributed by atoms with Crippen LogP contribution >= 0.6 is 23.2 Å². The first-order valence-corrected chi connectivity index (χ1v) is 9.56. The van der Waals surface area contributed by atoms with Crippen LogP contribution < -0.4 is 5.32 Å². The molecule has 1 aromatic carbocycles. The predicted molar refractivity (Wildman–Crippen MR) is 98.0 cm³/mol. The number of amides is 1. The minimum absolute atomic E-state index is 0.0118. The molecular weight excluding hydrogens is 363 g/mol. The minimum Gasteiger partial charge on any atom is -0.396 e. The fraction of sp³-hybridized carbons (Fsp3) is 0.611. The van der Waals surface area contributed by atoms with Gasteiger partial charge in [0.25, 0.3) is 0 Å². The number of carbonyl (C=O) groups is 1. The summed E-state index contributed by atoms with van der Waals surface area (Å²) in [5, 5.41) is 13.7. The number of nitrogens with one attached hydrogen (secondary N) is 1. The summed E-state index contributed by atoms with van der Waals surface area (Å²) in [6.45, 7) is 2.79. The highest BCUT2D eigenvalue weighted by Gasteiger charge is 2.38. The number of ether oxygens (including phenoxy) is 1. The molecule has 2 aliphatic rings. The summed E-state index contributed by atoms with van der Waals surface area (Å²) in [5.41, 5.74) is 0.898. The molecule has 0 radical (unpaired) electrons. The first-order valence-electron chi connectivity index (χ1n) is 8.80. The standard InChI is InChI=1S/C18H24Cl2N2O3/c19-14-2-1-13(11-15(14)20)17-16(5-9-23)25-10-8-22(17)18(24)12-3-6-21-7-4-12/h1-2,11-12,16-17,21,23H,3-10H2/t16-,17?/m1/s1. The molecule has 138 valence electrons. The molecular formula is C18H24Cl2N2O3. The first kappa shape index (κ1) is 18.9. The highest BCUT2D eigenvalue weighted by atomic mass is 35.5. The summed E-state index contributed by atoms with van der Waals surface area (Å²) in [4.78, 5) is 15.1. The van der Waals surface area contributed by atoms with Gasteiger partial charge in [0.05, 0.1) is 28.8 Å². The van der Waals surface area contributed by atoms with E-state index in [1.54, 1.807) is 12.1 Å². The van der Waals surface area contributed by atoms with E-state index >= 15 is 0 Å². The Morgan fingerprint density at radius 3 is 2.72 bits per heavy atom. The average Bonchev–Trinajstić information content (AvgIpc) is 2.64. The van der Waals surface area contributed by atoms with Crippen LogP contribution in [0.3, 0.4) is 0 Å². The zero-order valence-corrected chi connectivity index (χ0v) is 15.6. The van der Waals surface area contributed by atoms with Crippen LogP contribution in [0.1, 0.15) is 30.9 Å². The monoisotopic (exact) mass is 386 g/mol. The third-order valence-corrected chi connectivity index (χ3v) is 5.76. The molecule has 0 aliphatic carbocycles. The lowest BCUT2D eigenvalue weighted by atomic mass is 9.91. The van der Waals surface area contributed by atoms with E-state index in [0.717, 1.165) is 31.5 Å². The highest BCUT2D eigenvalue weighted by molar-refractivity contribution is 6.42. The van der Waals surface area contributed by atoms with Gasteiger partial charge < -0.3 is 20.1 Å². The highest BCUT2D eigenvalue weighted by Crippen LogP contribution is 2.36. The average molecular weight is 387 g/mol. The maximum absolute atomic E-state index is 13.2. The van der Waals surface area contributed by atoms with Gasteiger partial charge in [-0.05, 0) is 50.0 Å². The van der Waals surface area contributed by atoms with E-state index in [0.29, 0.717) is 29.6 Å². The van der Waals surface area contributed by atoms with E-state index in [4.69, 9.17) is 27.9 Å². The third kappa shape index (κ3) is 4.29. The molecule has 0 aromatic heterocycles. The molecule has 2 aliphatic heterocycles. The van der Waals surface area contributed by atoms with Crippen molar-refractivity contribution in [2.45, 2.75) is 31.4 Å². The number of nitrogens with zero attached hydrogens (tertiary/aromatic N) is 1. The van der Waals surface area contributed by atoms with Crippen molar-refractivity contribution in [3.05, 3.63) is 33.8 Å². The zero-order valence-electron chi connectivity index (χ0n) is 14.1. The number of aliphatic hydroxyl groups is 1. The summed E-state index contributed by atoms with van der Waals surface area (Å²) in [7, 11) is 0. The molecule has 3 rings (SSSR count). The molecule has 2 saturated heterocycles. The normalized spacial score (nSPS) is 25.2. The van der Waals surface area contributed by atoms with Gasteiger partial charge in [0.15, 0.2) is 0 Å². The van der Waals surface area contributed by atoms with Gasteiger partial charge in [-0.15, -0.1) is 0 Å². The minimum atomic E-state index is -0.252. The second-order valence-corrected chi connectivity index (χ2v) is 7.41. The van der Waals surface area contributed by atoms with Crippen LogP contribution in [0.25, 0.3) is 0 Å². The Labute approximate surface area is 158 Å². The van der Waals surface area contributed by atoms with Crippen molar-refractivity contribution in [2.24, 2.45) is 5.92 Å². The van der Waals surface area contributed by atoms with Gasteiger partial charge >= 0.3 is 0 Å². The van der Waals surface area contributed by atoms with Crippen molar-refractivity contribution in [3.8, 4) is 0 Å². The van der Waals surface area contributed by atoms with E-state index in [1.165, 1.54) is 0 Å². The number of rotatable bonds is 4. The van der Waals surface area contributed by atoms with Crippen molar-refractivity contribution >= 4 is 29.1 Å². The number of hydrogen-bond acceptors (Lipinski definition) is 4. The molecule has 1 amide bonds. The Morgan fingerprint density at radius 1 is 1.28 bits per heavy atom. The summed E-state index contributed by atoms with van der Waals surface area (Å²) in [6, 6.07) is 5.19. The molecule has 2 N–H and O–H groups in total.